The van der Waals surface area contributed by atoms with Crippen molar-refractivity contribution in [3.63, 3.8) is 0 Å². The summed E-state index contributed by atoms with van der Waals surface area (Å²) in [6.07, 6.45) is 2.65. The van der Waals surface area contributed by atoms with Gasteiger partial charge in [0.05, 0.1) is 4.92 Å². The molecule has 0 fully saturated rings. The summed E-state index contributed by atoms with van der Waals surface area (Å²) in [6.45, 7) is 3.39. The molecule has 0 aliphatic heterocycles. The van der Waals surface area contributed by atoms with E-state index in [1.54, 1.807) is 13.8 Å². The molecule has 21 heavy (non-hydrogen) atoms. The Hall–Kier alpha value is -2.70. The van der Waals surface area contributed by atoms with Gasteiger partial charge in [-0.15, -0.1) is 0 Å². The molecule has 1 aromatic carbocycles. The van der Waals surface area contributed by atoms with Gasteiger partial charge in [-0.1, -0.05) is 13.8 Å². The first kappa shape index (κ1) is 16.4. The number of non-ortho nitro benzene ring substituents is 1. The van der Waals surface area contributed by atoms with E-state index in [4.69, 9.17) is 5.11 Å². The minimum atomic E-state index is -1.10. The molecule has 0 aliphatic rings. The first-order valence-corrected chi connectivity index (χ1v) is 6.27. The Labute approximate surface area is 121 Å². The predicted molar refractivity (Wildman–Crippen MR) is 76.5 cm³/mol. The molecule has 0 aliphatic carbocycles. The second-order valence-corrected chi connectivity index (χ2v) is 4.75. The summed E-state index contributed by atoms with van der Waals surface area (Å²) in [6, 6.07) is 4.69. The van der Waals surface area contributed by atoms with Gasteiger partial charge >= 0.3 is 5.97 Å². The van der Waals surface area contributed by atoms with Crippen molar-refractivity contribution in [3.8, 4) is 0 Å². The molecule has 0 heterocycles. The minimum Gasteiger partial charge on any atom is -0.480 e. The number of amides is 1. The summed E-state index contributed by atoms with van der Waals surface area (Å²) < 4.78 is 0. The van der Waals surface area contributed by atoms with Crippen molar-refractivity contribution in [2.45, 2.75) is 19.9 Å². The molecule has 0 saturated carbocycles. The number of carboxylic acids is 1. The largest absolute Gasteiger partial charge is 0.480 e. The van der Waals surface area contributed by atoms with Crippen LogP contribution in [0.1, 0.15) is 19.4 Å². The third kappa shape index (κ3) is 5.06. The highest BCUT2D eigenvalue weighted by Gasteiger charge is 2.22. The van der Waals surface area contributed by atoms with Crippen LogP contribution in [0.2, 0.25) is 0 Å². The molecular weight excluding hydrogens is 276 g/mol. The second-order valence-electron chi connectivity index (χ2n) is 4.75. The maximum atomic E-state index is 11.6. The van der Waals surface area contributed by atoms with Gasteiger partial charge in [-0.25, -0.2) is 4.79 Å². The lowest BCUT2D eigenvalue weighted by Crippen LogP contribution is -2.43. The Balaban J connectivity index is 2.69. The molecule has 1 atom stereocenters. The van der Waals surface area contributed by atoms with E-state index < -0.39 is 22.8 Å². The Morgan fingerprint density at radius 1 is 1.29 bits per heavy atom. The topological polar surface area (TPSA) is 110 Å². The Kier molecular flexibility index (Phi) is 5.59. The van der Waals surface area contributed by atoms with Gasteiger partial charge in [0.15, 0.2) is 0 Å². The number of nitro benzene ring substituents is 1. The van der Waals surface area contributed by atoms with Crippen molar-refractivity contribution < 1.29 is 19.6 Å². The van der Waals surface area contributed by atoms with Crippen molar-refractivity contribution in [3.05, 3.63) is 46.0 Å². The first-order chi connectivity index (χ1) is 9.81. The fourth-order valence-electron chi connectivity index (χ4n) is 1.59. The summed E-state index contributed by atoms with van der Waals surface area (Å²) in [5, 5.41) is 21.8. The quantitative estimate of drug-likeness (QED) is 0.472. The fourth-order valence-corrected chi connectivity index (χ4v) is 1.59. The monoisotopic (exact) mass is 292 g/mol. The zero-order valence-electron chi connectivity index (χ0n) is 11.6. The summed E-state index contributed by atoms with van der Waals surface area (Å²) >= 11 is 0. The van der Waals surface area contributed by atoms with Crippen LogP contribution in [0, 0.1) is 16.0 Å². The molecule has 1 rings (SSSR count). The van der Waals surface area contributed by atoms with Gasteiger partial charge in [0.1, 0.15) is 6.04 Å². The minimum absolute atomic E-state index is 0.0395. The zero-order chi connectivity index (χ0) is 16.0. The maximum Gasteiger partial charge on any atom is 0.326 e. The van der Waals surface area contributed by atoms with Gasteiger partial charge < -0.3 is 10.4 Å². The number of nitro groups is 1. The van der Waals surface area contributed by atoms with Crippen LogP contribution in [0.25, 0.3) is 6.08 Å². The van der Waals surface area contributed by atoms with Crippen LogP contribution in [-0.4, -0.2) is 27.9 Å². The third-order valence-corrected chi connectivity index (χ3v) is 2.76. The third-order valence-electron chi connectivity index (χ3n) is 2.76. The van der Waals surface area contributed by atoms with E-state index in [1.165, 1.54) is 36.4 Å². The number of carbonyl (C=O) groups is 2. The molecular formula is C14H16N2O5. The molecule has 112 valence electrons. The van der Waals surface area contributed by atoms with Gasteiger partial charge in [0.25, 0.3) is 5.69 Å². The molecule has 0 bridgehead atoms. The first-order valence-electron chi connectivity index (χ1n) is 6.27. The fraction of sp³-hybridized carbons (Fsp3) is 0.286. The predicted octanol–water partition coefficient (Wildman–Crippen LogP) is 1.83. The number of aliphatic carboxylic acids is 1. The van der Waals surface area contributed by atoms with Gasteiger partial charge in [0.2, 0.25) is 5.91 Å². The summed E-state index contributed by atoms with van der Waals surface area (Å²) in [5.74, 6) is -1.87. The van der Waals surface area contributed by atoms with Gasteiger partial charge in [-0.2, -0.15) is 0 Å². The molecule has 7 heteroatoms. The lowest BCUT2D eigenvalue weighted by atomic mass is 10.0. The van der Waals surface area contributed by atoms with Crippen molar-refractivity contribution in [2.24, 2.45) is 5.92 Å². The highest BCUT2D eigenvalue weighted by molar-refractivity contribution is 5.94. The lowest BCUT2D eigenvalue weighted by Gasteiger charge is -2.16. The molecule has 2 N–H and O–H groups in total. The Morgan fingerprint density at radius 2 is 1.86 bits per heavy atom. The van der Waals surface area contributed by atoms with Crippen LogP contribution in [0.3, 0.4) is 0 Å². The van der Waals surface area contributed by atoms with E-state index in [0.29, 0.717) is 5.56 Å². The molecule has 0 radical (unpaired) electrons. The normalized spacial score (nSPS) is 12.3. The van der Waals surface area contributed by atoms with Crippen molar-refractivity contribution in [2.75, 3.05) is 0 Å². The van der Waals surface area contributed by atoms with E-state index in [9.17, 15) is 19.7 Å². The molecule has 0 saturated heterocycles. The van der Waals surface area contributed by atoms with Crippen LogP contribution in [0.4, 0.5) is 5.69 Å². The van der Waals surface area contributed by atoms with Gasteiger partial charge in [0, 0.05) is 18.2 Å². The lowest BCUT2D eigenvalue weighted by molar-refractivity contribution is -0.384. The van der Waals surface area contributed by atoms with Crippen LogP contribution in [0.15, 0.2) is 30.3 Å². The molecule has 1 amide bonds. The number of nitrogens with one attached hydrogen (secondary N) is 1. The number of carboxylic acid groups (broad SMARTS) is 1. The molecule has 1 aromatic rings. The average Bonchev–Trinajstić information content (AvgIpc) is 2.42. The Bertz CT molecular complexity index is 563. The second kappa shape index (κ2) is 7.18. The van der Waals surface area contributed by atoms with Crippen LogP contribution in [-0.2, 0) is 9.59 Å². The standard InChI is InChI=1S/C14H16N2O5/c1-9(2)13(14(18)19)15-12(17)8-5-10-3-6-11(7-4-10)16(20)21/h3-9,13H,1-2H3,(H,15,17)(H,18,19)/b8-5+/t13-/m0/s1. The number of hydrogen-bond donors (Lipinski definition) is 2. The van der Waals surface area contributed by atoms with Crippen molar-refractivity contribution in [1.82, 2.24) is 5.32 Å². The summed E-state index contributed by atoms with van der Waals surface area (Å²) in [7, 11) is 0. The van der Waals surface area contributed by atoms with Crippen LogP contribution in [0.5, 0.6) is 0 Å². The van der Waals surface area contributed by atoms with E-state index in [2.05, 4.69) is 5.32 Å². The zero-order valence-corrected chi connectivity index (χ0v) is 11.6. The smallest absolute Gasteiger partial charge is 0.326 e. The van der Waals surface area contributed by atoms with E-state index in [1.807, 2.05) is 0 Å². The molecule has 7 nitrogen and oxygen atoms in total. The van der Waals surface area contributed by atoms with Crippen LogP contribution < -0.4 is 5.32 Å². The summed E-state index contributed by atoms with van der Waals surface area (Å²) in [4.78, 5) is 32.6. The van der Waals surface area contributed by atoms with Gasteiger partial charge in [-0.3, -0.25) is 14.9 Å². The van der Waals surface area contributed by atoms with E-state index in [0.717, 1.165) is 0 Å². The number of carbonyl (C=O) groups excluding carboxylic acids is 1. The number of nitrogens with zero attached hydrogens (tertiary/aromatic N) is 1. The average molecular weight is 292 g/mol. The molecule has 0 aromatic heterocycles. The molecule has 0 unspecified atom stereocenters. The highest BCUT2D eigenvalue weighted by Crippen LogP contribution is 2.12. The maximum absolute atomic E-state index is 11.6. The number of hydrogen-bond acceptors (Lipinski definition) is 4. The summed E-state index contributed by atoms with van der Waals surface area (Å²) in [5.41, 5.74) is 0.564. The number of benzene rings is 1. The van der Waals surface area contributed by atoms with Crippen LogP contribution >= 0.6 is 0 Å². The van der Waals surface area contributed by atoms with Crippen molar-refractivity contribution in [1.29, 1.82) is 0 Å². The van der Waals surface area contributed by atoms with E-state index in [-0.39, 0.29) is 11.6 Å². The Morgan fingerprint density at radius 3 is 2.29 bits per heavy atom. The molecule has 0 spiro atoms. The highest BCUT2D eigenvalue weighted by atomic mass is 16.6. The SMILES string of the molecule is CC(C)[C@H](NC(=O)/C=C/c1ccc([N+](=O)[O-])cc1)C(=O)O. The van der Waals surface area contributed by atoms with Crippen molar-refractivity contribution >= 4 is 23.6 Å². The van der Waals surface area contributed by atoms with Gasteiger partial charge in [-0.05, 0) is 29.7 Å². The number of rotatable bonds is 6. The van der Waals surface area contributed by atoms with E-state index >= 15 is 0 Å².